The van der Waals surface area contributed by atoms with Crippen LogP contribution in [0.4, 0.5) is 0 Å². The molecule has 0 aromatic heterocycles. The van der Waals surface area contributed by atoms with E-state index in [9.17, 15) is 5.11 Å². The third kappa shape index (κ3) is 16.3. The molecule has 3 N–H and O–H groups in total. The molecule has 0 amide bonds. The van der Waals surface area contributed by atoms with Gasteiger partial charge < -0.3 is 10.8 Å². The monoisotopic (exact) mass is 325 g/mol. The first-order chi connectivity index (χ1) is 11.2. The Morgan fingerprint density at radius 2 is 1.22 bits per heavy atom. The average Bonchev–Trinajstić information content (AvgIpc) is 2.55. The van der Waals surface area contributed by atoms with Gasteiger partial charge in [0, 0.05) is 6.04 Å². The highest BCUT2D eigenvalue weighted by Crippen LogP contribution is 2.12. The van der Waals surface area contributed by atoms with E-state index in [0.29, 0.717) is 0 Å². The molecule has 23 heavy (non-hydrogen) atoms. The molecule has 0 aliphatic rings. The molecule has 2 atom stereocenters. The molecule has 0 aromatic rings. The Morgan fingerprint density at radius 1 is 0.696 bits per heavy atom. The molecule has 0 aliphatic carbocycles. The Morgan fingerprint density at radius 3 is 1.78 bits per heavy atom. The molecule has 0 fully saturated rings. The number of hydrogen-bond donors (Lipinski definition) is 2. The van der Waals surface area contributed by atoms with Crippen LogP contribution in [0.2, 0.25) is 0 Å². The molecular formula is C21H43NO. The Hall–Kier alpha value is -0.340. The lowest BCUT2D eigenvalue weighted by Gasteiger charge is -2.17. The van der Waals surface area contributed by atoms with Crippen molar-refractivity contribution in [3.05, 3.63) is 12.2 Å². The molecule has 0 heterocycles. The van der Waals surface area contributed by atoms with Crippen molar-refractivity contribution in [1.82, 2.24) is 0 Å². The Labute approximate surface area is 145 Å². The van der Waals surface area contributed by atoms with Gasteiger partial charge in [-0.3, -0.25) is 0 Å². The van der Waals surface area contributed by atoms with Crippen LogP contribution in [0.3, 0.4) is 0 Å². The van der Waals surface area contributed by atoms with Crippen molar-refractivity contribution in [2.45, 2.75) is 122 Å². The van der Waals surface area contributed by atoms with E-state index in [1.165, 1.54) is 70.6 Å². The lowest BCUT2D eigenvalue weighted by molar-refractivity contribution is 0.127. The zero-order valence-corrected chi connectivity index (χ0v) is 15.9. The summed E-state index contributed by atoms with van der Waals surface area (Å²) in [7, 11) is 0. The van der Waals surface area contributed by atoms with E-state index < -0.39 is 0 Å². The second-order valence-electron chi connectivity index (χ2n) is 7.04. The van der Waals surface area contributed by atoms with Crippen molar-refractivity contribution >= 4 is 0 Å². The summed E-state index contributed by atoms with van der Waals surface area (Å²) in [4.78, 5) is 0. The van der Waals surface area contributed by atoms with Gasteiger partial charge >= 0.3 is 0 Å². The predicted molar refractivity (Wildman–Crippen MR) is 104 cm³/mol. The summed E-state index contributed by atoms with van der Waals surface area (Å²) in [6, 6.07) is -0.0232. The summed E-state index contributed by atoms with van der Waals surface area (Å²) in [5.74, 6) is 0. The largest absolute Gasteiger partial charge is 0.392 e. The molecule has 0 saturated heterocycles. The summed E-state index contributed by atoms with van der Waals surface area (Å²) in [5.41, 5.74) is 5.92. The molecule has 0 saturated carbocycles. The van der Waals surface area contributed by atoms with E-state index in [1.54, 1.807) is 0 Å². The maximum Gasteiger partial charge on any atom is 0.0691 e. The first-order valence-electron chi connectivity index (χ1n) is 10.3. The molecular weight excluding hydrogens is 282 g/mol. The van der Waals surface area contributed by atoms with Gasteiger partial charge in [0.15, 0.2) is 0 Å². The van der Waals surface area contributed by atoms with E-state index >= 15 is 0 Å². The van der Waals surface area contributed by atoms with Gasteiger partial charge in [-0.25, -0.2) is 0 Å². The van der Waals surface area contributed by atoms with Crippen LogP contribution in [0, 0.1) is 0 Å². The van der Waals surface area contributed by atoms with Crippen molar-refractivity contribution in [3.63, 3.8) is 0 Å². The second-order valence-corrected chi connectivity index (χ2v) is 7.04. The summed E-state index contributed by atoms with van der Waals surface area (Å²) >= 11 is 0. The van der Waals surface area contributed by atoms with Crippen LogP contribution in [0.25, 0.3) is 0 Å². The summed E-state index contributed by atoms with van der Waals surface area (Å²) in [5, 5.41) is 9.90. The van der Waals surface area contributed by atoms with Gasteiger partial charge in [-0.05, 0) is 38.5 Å². The number of allylic oxidation sites excluding steroid dienone is 2. The van der Waals surface area contributed by atoms with E-state index in [1.807, 2.05) is 0 Å². The number of hydrogen-bond acceptors (Lipinski definition) is 2. The van der Waals surface area contributed by atoms with Crippen molar-refractivity contribution in [3.8, 4) is 0 Å². The minimum absolute atomic E-state index is 0.0232. The molecule has 0 aromatic carbocycles. The van der Waals surface area contributed by atoms with Gasteiger partial charge in [-0.2, -0.15) is 0 Å². The van der Waals surface area contributed by atoms with E-state index in [4.69, 9.17) is 5.73 Å². The molecule has 0 rings (SSSR count). The SMILES string of the molecule is CCCCCCCC/C=C\CCCCCCC(O)C(N)CCC. The van der Waals surface area contributed by atoms with E-state index in [-0.39, 0.29) is 12.1 Å². The first-order valence-corrected chi connectivity index (χ1v) is 10.3. The third-order valence-electron chi connectivity index (χ3n) is 4.63. The summed E-state index contributed by atoms with van der Waals surface area (Å²) in [6.45, 7) is 4.39. The molecule has 0 spiro atoms. The quantitative estimate of drug-likeness (QED) is 0.250. The maximum atomic E-state index is 9.90. The lowest BCUT2D eigenvalue weighted by atomic mass is 10.0. The number of nitrogens with two attached hydrogens (primary N) is 1. The average molecular weight is 326 g/mol. The normalized spacial score (nSPS) is 14.4. The van der Waals surface area contributed by atoms with Gasteiger partial charge in [-0.15, -0.1) is 0 Å². The van der Waals surface area contributed by atoms with Crippen LogP contribution < -0.4 is 5.73 Å². The van der Waals surface area contributed by atoms with Crippen LogP contribution in [0.15, 0.2) is 12.2 Å². The lowest BCUT2D eigenvalue weighted by Crippen LogP contribution is -2.34. The predicted octanol–water partition coefficient (Wildman–Crippen LogP) is 6.12. The van der Waals surface area contributed by atoms with Crippen molar-refractivity contribution in [2.24, 2.45) is 5.73 Å². The number of unbranched alkanes of at least 4 members (excludes halogenated alkanes) is 10. The molecule has 0 radical (unpaired) electrons. The van der Waals surface area contributed by atoms with Gasteiger partial charge in [0.1, 0.15) is 0 Å². The molecule has 2 heteroatoms. The van der Waals surface area contributed by atoms with Crippen LogP contribution in [0.5, 0.6) is 0 Å². The fourth-order valence-electron chi connectivity index (χ4n) is 2.99. The van der Waals surface area contributed by atoms with Gasteiger partial charge in [0.2, 0.25) is 0 Å². The zero-order chi connectivity index (χ0) is 17.2. The number of rotatable bonds is 17. The third-order valence-corrected chi connectivity index (χ3v) is 4.63. The second kappa shape index (κ2) is 18.0. The van der Waals surface area contributed by atoms with Crippen LogP contribution >= 0.6 is 0 Å². The van der Waals surface area contributed by atoms with Gasteiger partial charge in [-0.1, -0.05) is 83.8 Å². The van der Waals surface area contributed by atoms with Gasteiger partial charge in [0.25, 0.3) is 0 Å². The topological polar surface area (TPSA) is 46.2 Å². The maximum absolute atomic E-state index is 9.90. The zero-order valence-electron chi connectivity index (χ0n) is 15.9. The Kier molecular flexibility index (Phi) is 17.7. The van der Waals surface area contributed by atoms with Crippen molar-refractivity contribution < 1.29 is 5.11 Å². The van der Waals surface area contributed by atoms with Crippen molar-refractivity contribution in [2.75, 3.05) is 0 Å². The first kappa shape index (κ1) is 22.7. The minimum Gasteiger partial charge on any atom is -0.392 e. The smallest absolute Gasteiger partial charge is 0.0691 e. The molecule has 2 nitrogen and oxygen atoms in total. The molecule has 0 aliphatic heterocycles. The summed E-state index contributed by atoms with van der Waals surface area (Å²) in [6.07, 6.45) is 23.0. The summed E-state index contributed by atoms with van der Waals surface area (Å²) < 4.78 is 0. The standard InChI is InChI=1S/C21H43NO/c1-3-5-6-7-8-9-10-11-12-13-14-15-16-17-19-21(23)20(22)18-4-2/h11-12,20-21,23H,3-10,13-19,22H2,1-2H3/b12-11-. The van der Waals surface area contributed by atoms with E-state index in [2.05, 4.69) is 26.0 Å². The highest BCUT2D eigenvalue weighted by atomic mass is 16.3. The van der Waals surface area contributed by atoms with Crippen LogP contribution in [-0.2, 0) is 0 Å². The highest BCUT2D eigenvalue weighted by molar-refractivity contribution is 4.81. The minimum atomic E-state index is -0.299. The number of aliphatic hydroxyl groups is 1. The van der Waals surface area contributed by atoms with Crippen LogP contribution in [0.1, 0.15) is 110 Å². The molecule has 138 valence electrons. The van der Waals surface area contributed by atoms with Crippen molar-refractivity contribution in [1.29, 1.82) is 0 Å². The Balaban J connectivity index is 3.25. The van der Waals surface area contributed by atoms with E-state index in [0.717, 1.165) is 25.7 Å². The molecule has 2 unspecified atom stereocenters. The highest BCUT2D eigenvalue weighted by Gasteiger charge is 2.12. The fourth-order valence-corrected chi connectivity index (χ4v) is 2.99. The number of aliphatic hydroxyl groups excluding tert-OH is 1. The van der Waals surface area contributed by atoms with Gasteiger partial charge in [0.05, 0.1) is 6.10 Å². The Bertz CT molecular complexity index is 252. The molecule has 0 bridgehead atoms. The van der Waals surface area contributed by atoms with Crippen LogP contribution in [-0.4, -0.2) is 17.3 Å². The fraction of sp³-hybridized carbons (Fsp3) is 0.905.